The van der Waals surface area contributed by atoms with Crippen molar-refractivity contribution in [3.8, 4) is 0 Å². The Morgan fingerprint density at radius 1 is 1.29 bits per heavy atom. The number of H-pyrrole nitrogens is 1. The third kappa shape index (κ3) is 1.46. The van der Waals surface area contributed by atoms with Gasteiger partial charge in [-0.15, -0.1) is 0 Å². The highest BCUT2D eigenvalue weighted by atomic mass is 35.5. The van der Waals surface area contributed by atoms with Crippen LogP contribution in [0.4, 0.5) is 5.69 Å². The third-order valence-electron chi connectivity index (χ3n) is 3.59. The molecule has 2 aromatic rings. The minimum atomic E-state index is -0.158. The molecule has 0 bridgehead atoms. The molecule has 4 heteroatoms. The zero-order valence-corrected chi connectivity index (χ0v) is 10.4. The number of aromatic nitrogens is 1. The van der Waals surface area contributed by atoms with Crippen LogP contribution in [0.2, 0.25) is 5.02 Å². The predicted molar refractivity (Wildman–Crippen MR) is 71.1 cm³/mol. The number of pyridine rings is 1. The van der Waals surface area contributed by atoms with Crippen molar-refractivity contribution in [3.05, 3.63) is 39.1 Å². The number of fused-ring (bicyclic) bond motifs is 3. The van der Waals surface area contributed by atoms with Gasteiger partial charge in [-0.2, -0.15) is 0 Å². The maximum absolute atomic E-state index is 11.4. The second kappa shape index (κ2) is 3.50. The van der Waals surface area contributed by atoms with Crippen LogP contribution in [0.1, 0.15) is 25.3 Å². The van der Waals surface area contributed by atoms with E-state index in [1.54, 1.807) is 0 Å². The van der Waals surface area contributed by atoms with Gasteiger partial charge in [-0.25, -0.2) is 0 Å². The molecule has 1 aliphatic heterocycles. The summed E-state index contributed by atoms with van der Waals surface area (Å²) in [6.07, 6.45) is 0. The lowest BCUT2D eigenvalue weighted by Gasteiger charge is -2.11. The summed E-state index contributed by atoms with van der Waals surface area (Å²) in [6.45, 7) is 4.32. The molecule has 2 unspecified atom stereocenters. The monoisotopic (exact) mass is 248 g/mol. The number of aromatic amines is 1. The quantitative estimate of drug-likeness (QED) is 0.753. The zero-order valence-electron chi connectivity index (χ0n) is 9.67. The Morgan fingerprint density at radius 3 is 2.82 bits per heavy atom. The van der Waals surface area contributed by atoms with Gasteiger partial charge in [0.1, 0.15) is 0 Å². The molecule has 0 spiro atoms. The van der Waals surface area contributed by atoms with Crippen LogP contribution in [0.5, 0.6) is 0 Å². The molecular weight excluding hydrogens is 236 g/mol. The molecule has 17 heavy (non-hydrogen) atoms. The molecule has 1 aromatic carbocycles. The molecular formula is C13H13ClN2O. The number of hydrogen-bond donors (Lipinski definition) is 2. The normalized spacial score (nSPS) is 22.5. The summed E-state index contributed by atoms with van der Waals surface area (Å²) in [4.78, 5) is 14.2. The van der Waals surface area contributed by atoms with Crippen LogP contribution in [-0.2, 0) is 0 Å². The smallest absolute Gasteiger partial charge is 0.249 e. The Labute approximate surface area is 104 Å². The molecule has 2 atom stereocenters. The topological polar surface area (TPSA) is 44.9 Å². The van der Waals surface area contributed by atoms with E-state index < -0.39 is 0 Å². The average molecular weight is 249 g/mol. The Hall–Kier alpha value is -1.48. The summed E-state index contributed by atoms with van der Waals surface area (Å²) in [5, 5.41) is 4.93. The summed E-state index contributed by atoms with van der Waals surface area (Å²) < 4.78 is 0. The molecule has 0 saturated carbocycles. The van der Waals surface area contributed by atoms with Crippen molar-refractivity contribution >= 4 is 28.2 Å². The molecule has 3 nitrogen and oxygen atoms in total. The number of hydrogen-bond acceptors (Lipinski definition) is 2. The lowest BCUT2D eigenvalue weighted by Crippen LogP contribution is -2.13. The van der Waals surface area contributed by atoms with Gasteiger partial charge in [-0.3, -0.25) is 4.79 Å². The predicted octanol–water partition coefficient (Wildman–Crippen LogP) is 3.10. The number of benzene rings is 1. The first kappa shape index (κ1) is 10.7. The number of anilines is 1. The first-order chi connectivity index (χ1) is 8.08. The Bertz CT molecular complexity index is 662. The molecule has 1 aromatic heterocycles. The lowest BCUT2D eigenvalue weighted by molar-refractivity contribution is 0.693. The van der Waals surface area contributed by atoms with E-state index >= 15 is 0 Å². The van der Waals surface area contributed by atoms with Crippen molar-refractivity contribution in [2.75, 3.05) is 5.32 Å². The van der Waals surface area contributed by atoms with E-state index in [1.165, 1.54) is 11.6 Å². The summed E-state index contributed by atoms with van der Waals surface area (Å²) in [5.74, 6) is 0.386. The van der Waals surface area contributed by atoms with Crippen LogP contribution in [0, 0.1) is 0 Å². The first-order valence-electron chi connectivity index (χ1n) is 5.70. The molecule has 0 saturated heterocycles. The van der Waals surface area contributed by atoms with E-state index in [0.717, 1.165) is 16.6 Å². The van der Waals surface area contributed by atoms with Crippen molar-refractivity contribution in [1.82, 2.24) is 4.98 Å². The van der Waals surface area contributed by atoms with Crippen molar-refractivity contribution in [2.45, 2.75) is 25.8 Å². The second-order valence-electron chi connectivity index (χ2n) is 4.65. The van der Waals surface area contributed by atoms with Crippen LogP contribution in [0.3, 0.4) is 0 Å². The summed E-state index contributed by atoms with van der Waals surface area (Å²) in [5.41, 5.74) is 2.97. The summed E-state index contributed by atoms with van der Waals surface area (Å²) in [7, 11) is 0. The van der Waals surface area contributed by atoms with Gasteiger partial charge in [0, 0.05) is 29.1 Å². The fourth-order valence-corrected chi connectivity index (χ4v) is 2.86. The molecule has 0 radical (unpaired) electrons. The van der Waals surface area contributed by atoms with Crippen LogP contribution < -0.4 is 10.9 Å². The highest BCUT2D eigenvalue weighted by Gasteiger charge is 2.28. The molecule has 88 valence electrons. The second-order valence-corrected chi connectivity index (χ2v) is 5.06. The van der Waals surface area contributed by atoms with Gasteiger partial charge >= 0.3 is 0 Å². The van der Waals surface area contributed by atoms with E-state index in [-0.39, 0.29) is 5.56 Å². The van der Waals surface area contributed by atoms with Gasteiger partial charge in [-0.05, 0) is 24.6 Å². The minimum Gasteiger partial charge on any atom is -0.382 e. The Kier molecular flexibility index (Phi) is 2.20. The lowest BCUT2D eigenvalue weighted by atomic mass is 9.94. The van der Waals surface area contributed by atoms with Crippen LogP contribution in [0.15, 0.2) is 23.0 Å². The van der Waals surface area contributed by atoms with Gasteiger partial charge < -0.3 is 10.3 Å². The van der Waals surface area contributed by atoms with Gasteiger partial charge in [0.05, 0.1) is 10.5 Å². The molecule has 0 fully saturated rings. The van der Waals surface area contributed by atoms with E-state index in [0.29, 0.717) is 17.0 Å². The average Bonchev–Trinajstić information content (AvgIpc) is 2.55. The standard InChI is InChI=1S/C13H13ClN2O/c1-6-7(2)15-9-3-4-10-13(12(6)9)8(14)5-11(17)16-10/h3-7,15H,1-2H3,(H,16,17). The Morgan fingerprint density at radius 2 is 2.06 bits per heavy atom. The molecule has 0 amide bonds. The van der Waals surface area contributed by atoms with Crippen LogP contribution in [0.25, 0.3) is 10.9 Å². The van der Waals surface area contributed by atoms with Crippen LogP contribution in [-0.4, -0.2) is 11.0 Å². The van der Waals surface area contributed by atoms with Gasteiger partial charge in [0.15, 0.2) is 0 Å². The first-order valence-corrected chi connectivity index (χ1v) is 6.07. The zero-order chi connectivity index (χ0) is 12.2. The van der Waals surface area contributed by atoms with Gasteiger partial charge in [0.25, 0.3) is 0 Å². The maximum atomic E-state index is 11.4. The van der Waals surface area contributed by atoms with Crippen molar-refractivity contribution < 1.29 is 0 Å². The summed E-state index contributed by atoms with van der Waals surface area (Å²) >= 11 is 6.21. The highest BCUT2D eigenvalue weighted by molar-refractivity contribution is 6.35. The number of halogens is 1. The number of rotatable bonds is 0. The fourth-order valence-electron chi connectivity index (χ4n) is 2.56. The van der Waals surface area contributed by atoms with Gasteiger partial charge in [0.2, 0.25) is 5.56 Å². The maximum Gasteiger partial charge on any atom is 0.249 e. The van der Waals surface area contributed by atoms with E-state index in [4.69, 9.17) is 11.6 Å². The van der Waals surface area contributed by atoms with Gasteiger partial charge in [-0.1, -0.05) is 18.5 Å². The molecule has 0 aliphatic carbocycles. The molecule has 2 heterocycles. The molecule has 1 aliphatic rings. The van der Waals surface area contributed by atoms with Crippen molar-refractivity contribution in [2.24, 2.45) is 0 Å². The number of nitrogens with one attached hydrogen (secondary N) is 2. The van der Waals surface area contributed by atoms with E-state index in [1.807, 2.05) is 12.1 Å². The van der Waals surface area contributed by atoms with Crippen LogP contribution >= 0.6 is 11.6 Å². The SMILES string of the molecule is CC1Nc2ccc3[nH]c(=O)cc(Cl)c3c2C1C. The van der Waals surface area contributed by atoms with Crippen molar-refractivity contribution in [1.29, 1.82) is 0 Å². The molecule has 3 rings (SSSR count). The van der Waals surface area contributed by atoms with E-state index in [9.17, 15) is 4.79 Å². The minimum absolute atomic E-state index is 0.158. The van der Waals surface area contributed by atoms with E-state index in [2.05, 4.69) is 24.1 Å². The Balaban J connectivity index is 2.44. The highest BCUT2D eigenvalue weighted by Crippen LogP contribution is 2.41. The molecule has 2 N–H and O–H groups in total. The summed E-state index contributed by atoms with van der Waals surface area (Å²) in [6, 6.07) is 5.74. The fraction of sp³-hybridized carbons (Fsp3) is 0.308. The largest absolute Gasteiger partial charge is 0.382 e. The third-order valence-corrected chi connectivity index (χ3v) is 3.89. The van der Waals surface area contributed by atoms with Crippen molar-refractivity contribution in [3.63, 3.8) is 0 Å².